The second kappa shape index (κ2) is 9.16. The van der Waals surface area contributed by atoms with Crippen LogP contribution in [0.4, 0.5) is 4.79 Å². The lowest BCUT2D eigenvalue weighted by Crippen LogP contribution is -2.35. The number of aromatic nitrogens is 2. The Labute approximate surface area is 158 Å². The first kappa shape index (κ1) is 18.9. The van der Waals surface area contributed by atoms with Crippen LogP contribution in [0.2, 0.25) is 0 Å². The molecule has 1 aliphatic rings. The number of hydrogen-bond donors (Lipinski definition) is 2. The van der Waals surface area contributed by atoms with Crippen molar-refractivity contribution in [2.24, 2.45) is 0 Å². The Bertz CT molecular complexity index is 762. The summed E-state index contributed by atoms with van der Waals surface area (Å²) in [6.45, 7) is 3.40. The van der Waals surface area contributed by atoms with Gasteiger partial charge in [-0.25, -0.2) is 4.79 Å². The summed E-state index contributed by atoms with van der Waals surface area (Å²) in [5, 5.41) is 9.33. The lowest BCUT2D eigenvalue weighted by molar-refractivity contribution is -0.129. The Hall–Kier alpha value is -2.90. The van der Waals surface area contributed by atoms with Crippen LogP contribution in [0.3, 0.4) is 0 Å². The third-order valence-corrected chi connectivity index (χ3v) is 4.52. The standard InChI is InChI=1S/C19H25N5O3/c1-2-11-20-19(26)21-13-16-22-18(27-23-16)15-8-9-17(25)24(15)12-10-14-6-4-3-5-7-14/h3-7,15H,2,8-13H2,1H3,(H2,20,21,26)/t15-/m0/s1. The van der Waals surface area contributed by atoms with Gasteiger partial charge in [0.1, 0.15) is 6.04 Å². The van der Waals surface area contributed by atoms with E-state index in [1.165, 1.54) is 5.56 Å². The molecule has 3 rings (SSSR count). The van der Waals surface area contributed by atoms with Crippen molar-refractivity contribution in [1.29, 1.82) is 0 Å². The zero-order valence-corrected chi connectivity index (χ0v) is 15.5. The van der Waals surface area contributed by atoms with Gasteiger partial charge in [-0.2, -0.15) is 4.98 Å². The minimum absolute atomic E-state index is 0.104. The molecule has 144 valence electrons. The molecule has 1 atom stereocenters. The molecule has 0 bridgehead atoms. The Balaban J connectivity index is 1.57. The fourth-order valence-electron chi connectivity index (χ4n) is 3.10. The summed E-state index contributed by atoms with van der Waals surface area (Å²) in [6.07, 6.45) is 2.80. The SMILES string of the molecule is CCCNC(=O)NCc1noc([C@@H]2CCC(=O)N2CCc2ccccc2)n1. The van der Waals surface area contributed by atoms with Gasteiger partial charge in [-0.1, -0.05) is 42.4 Å². The smallest absolute Gasteiger partial charge is 0.315 e. The molecule has 8 heteroatoms. The van der Waals surface area contributed by atoms with Gasteiger partial charge < -0.3 is 20.1 Å². The van der Waals surface area contributed by atoms with Crippen LogP contribution in [-0.4, -0.2) is 40.1 Å². The van der Waals surface area contributed by atoms with E-state index in [9.17, 15) is 9.59 Å². The lowest BCUT2D eigenvalue weighted by atomic mass is 10.1. The molecule has 1 aromatic heterocycles. The minimum atomic E-state index is -0.260. The van der Waals surface area contributed by atoms with E-state index in [0.717, 1.165) is 12.8 Å². The van der Waals surface area contributed by atoms with Crippen molar-refractivity contribution in [3.05, 3.63) is 47.6 Å². The summed E-state index contributed by atoms with van der Waals surface area (Å²) in [5.74, 6) is 0.937. The molecule has 1 aliphatic heterocycles. The van der Waals surface area contributed by atoms with E-state index >= 15 is 0 Å². The normalized spacial score (nSPS) is 16.6. The van der Waals surface area contributed by atoms with Gasteiger partial charge in [-0.15, -0.1) is 0 Å². The highest BCUT2D eigenvalue weighted by molar-refractivity contribution is 5.78. The second-order valence-electron chi connectivity index (χ2n) is 6.54. The van der Waals surface area contributed by atoms with E-state index in [4.69, 9.17) is 4.52 Å². The number of rotatable bonds is 8. The molecule has 3 amide bonds. The number of likely N-dealkylation sites (tertiary alicyclic amines) is 1. The molecule has 1 aromatic carbocycles. The minimum Gasteiger partial charge on any atom is -0.338 e. The van der Waals surface area contributed by atoms with Crippen molar-refractivity contribution < 1.29 is 14.1 Å². The van der Waals surface area contributed by atoms with Gasteiger partial charge in [0, 0.05) is 19.5 Å². The molecule has 2 aromatic rings. The monoisotopic (exact) mass is 371 g/mol. The molecule has 0 radical (unpaired) electrons. The van der Waals surface area contributed by atoms with Crippen molar-refractivity contribution in [2.75, 3.05) is 13.1 Å². The maximum absolute atomic E-state index is 12.3. The fraction of sp³-hybridized carbons (Fsp3) is 0.474. The van der Waals surface area contributed by atoms with Gasteiger partial charge in [0.15, 0.2) is 5.82 Å². The first-order valence-corrected chi connectivity index (χ1v) is 9.35. The summed E-state index contributed by atoms with van der Waals surface area (Å²) in [6, 6.07) is 9.61. The quantitative estimate of drug-likeness (QED) is 0.741. The van der Waals surface area contributed by atoms with Crippen molar-refractivity contribution in [1.82, 2.24) is 25.7 Å². The number of nitrogens with zero attached hydrogens (tertiary/aromatic N) is 3. The first-order valence-electron chi connectivity index (χ1n) is 9.35. The predicted molar refractivity (Wildman–Crippen MR) is 98.7 cm³/mol. The number of benzene rings is 1. The molecular weight excluding hydrogens is 346 g/mol. The van der Waals surface area contributed by atoms with Crippen molar-refractivity contribution in [2.45, 2.75) is 45.2 Å². The summed E-state index contributed by atoms with van der Waals surface area (Å²) < 4.78 is 5.37. The molecule has 0 aliphatic carbocycles. The third kappa shape index (κ3) is 5.06. The van der Waals surface area contributed by atoms with Crippen LogP contribution in [0.25, 0.3) is 0 Å². The number of nitrogens with one attached hydrogen (secondary N) is 2. The highest BCUT2D eigenvalue weighted by Gasteiger charge is 2.35. The molecule has 2 N–H and O–H groups in total. The number of carbonyl (C=O) groups excluding carboxylic acids is 2. The van der Waals surface area contributed by atoms with E-state index in [-0.39, 0.29) is 24.5 Å². The maximum Gasteiger partial charge on any atom is 0.315 e. The van der Waals surface area contributed by atoms with Crippen molar-refractivity contribution in [3.63, 3.8) is 0 Å². The molecular formula is C19H25N5O3. The molecule has 0 unspecified atom stereocenters. The molecule has 0 spiro atoms. The summed E-state index contributed by atoms with van der Waals surface area (Å²) >= 11 is 0. The van der Waals surface area contributed by atoms with Crippen LogP contribution >= 0.6 is 0 Å². The number of carbonyl (C=O) groups is 2. The summed E-state index contributed by atoms with van der Waals surface area (Å²) in [5.41, 5.74) is 1.18. The molecule has 0 saturated carbocycles. The van der Waals surface area contributed by atoms with Crippen molar-refractivity contribution >= 4 is 11.9 Å². The van der Waals surface area contributed by atoms with Crippen LogP contribution in [-0.2, 0) is 17.8 Å². The average Bonchev–Trinajstić information content (AvgIpc) is 3.30. The van der Waals surface area contributed by atoms with Crippen LogP contribution in [0.1, 0.15) is 49.5 Å². The summed E-state index contributed by atoms with van der Waals surface area (Å²) in [7, 11) is 0. The van der Waals surface area contributed by atoms with Gasteiger partial charge in [-0.05, 0) is 24.8 Å². The van der Waals surface area contributed by atoms with Crippen LogP contribution < -0.4 is 10.6 Å². The zero-order chi connectivity index (χ0) is 19.1. The van der Waals surface area contributed by atoms with E-state index in [1.54, 1.807) is 0 Å². The van der Waals surface area contributed by atoms with Gasteiger partial charge in [-0.3, -0.25) is 4.79 Å². The van der Waals surface area contributed by atoms with Gasteiger partial charge in [0.25, 0.3) is 0 Å². The molecule has 1 saturated heterocycles. The lowest BCUT2D eigenvalue weighted by Gasteiger charge is -2.21. The Morgan fingerprint density at radius 2 is 2.11 bits per heavy atom. The van der Waals surface area contributed by atoms with Crippen LogP contribution in [0.5, 0.6) is 0 Å². The van der Waals surface area contributed by atoms with E-state index in [1.807, 2.05) is 30.0 Å². The highest BCUT2D eigenvalue weighted by atomic mass is 16.5. The van der Waals surface area contributed by atoms with E-state index in [0.29, 0.717) is 37.6 Å². The Kier molecular flexibility index (Phi) is 6.40. The molecule has 27 heavy (non-hydrogen) atoms. The van der Waals surface area contributed by atoms with E-state index in [2.05, 4.69) is 32.9 Å². The average molecular weight is 371 g/mol. The Morgan fingerprint density at radius 1 is 1.30 bits per heavy atom. The van der Waals surface area contributed by atoms with Gasteiger partial charge in [0.05, 0.1) is 6.54 Å². The van der Waals surface area contributed by atoms with Crippen molar-refractivity contribution in [3.8, 4) is 0 Å². The fourth-order valence-corrected chi connectivity index (χ4v) is 3.10. The highest BCUT2D eigenvalue weighted by Crippen LogP contribution is 2.31. The third-order valence-electron chi connectivity index (χ3n) is 4.52. The molecule has 8 nitrogen and oxygen atoms in total. The maximum atomic E-state index is 12.3. The predicted octanol–water partition coefficient (Wildman–Crippen LogP) is 2.18. The van der Waals surface area contributed by atoms with Crippen LogP contribution in [0.15, 0.2) is 34.9 Å². The largest absolute Gasteiger partial charge is 0.338 e. The van der Waals surface area contributed by atoms with Gasteiger partial charge in [0.2, 0.25) is 11.8 Å². The second-order valence-corrected chi connectivity index (χ2v) is 6.54. The van der Waals surface area contributed by atoms with E-state index < -0.39 is 0 Å². The van der Waals surface area contributed by atoms with Gasteiger partial charge >= 0.3 is 6.03 Å². The van der Waals surface area contributed by atoms with Crippen LogP contribution in [0, 0.1) is 0 Å². The molecule has 1 fully saturated rings. The summed E-state index contributed by atoms with van der Waals surface area (Å²) in [4.78, 5) is 30.0. The number of urea groups is 1. The Morgan fingerprint density at radius 3 is 2.89 bits per heavy atom. The number of hydrogen-bond acceptors (Lipinski definition) is 5. The molecule has 2 heterocycles. The number of amides is 3. The topological polar surface area (TPSA) is 100 Å². The first-order chi connectivity index (χ1) is 13.2. The zero-order valence-electron chi connectivity index (χ0n) is 15.5.